The number of benzene rings is 3. The molecule has 0 saturated heterocycles. The first-order chi connectivity index (χ1) is 19.8. The van der Waals surface area contributed by atoms with Gasteiger partial charge in [0.2, 0.25) is 5.43 Å². The van der Waals surface area contributed by atoms with E-state index in [0.29, 0.717) is 33.4 Å². The number of nitrogens with zero attached hydrogens (tertiary/aromatic N) is 5. The number of nitrogen functional groups attached to an aromatic ring is 1. The van der Waals surface area contributed by atoms with E-state index in [1.165, 1.54) is 47.6 Å². The van der Waals surface area contributed by atoms with Gasteiger partial charge in [-0.2, -0.15) is 5.10 Å². The van der Waals surface area contributed by atoms with Crippen LogP contribution in [-0.4, -0.2) is 31.9 Å². The van der Waals surface area contributed by atoms with Crippen molar-refractivity contribution in [3.63, 3.8) is 0 Å². The van der Waals surface area contributed by atoms with Crippen LogP contribution in [0.1, 0.15) is 34.6 Å². The number of halogens is 2. The molecule has 3 aromatic heterocycles. The van der Waals surface area contributed by atoms with Gasteiger partial charge in [-0.05, 0) is 42.8 Å². The summed E-state index contributed by atoms with van der Waals surface area (Å²) in [5.41, 5.74) is 8.27. The fourth-order valence-corrected chi connectivity index (χ4v) is 5.21. The Hall–Kier alpha value is -5.58. The summed E-state index contributed by atoms with van der Waals surface area (Å²) in [6, 6.07) is 13.9. The minimum Gasteiger partial charge on any atom is -0.458 e. The van der Waals surface area contributed by atoms with E-state index in [1.54, 1.807) is 31.2 Å². The maximum absolute atomic E-state index is 14.8. The topological polar surface area (TPSA) is 129 Å². The Morgan fingerprint density at radius 3 is 2.61 bits per heavy atom. The number of hydrogen-bond donors (Lipinski definition) is 1. The zero-order valence-electron chi connectivity index (χ0n) is 21.3. The number of carbonyl (C=O) groups is 1. The Kier molecular flexibility index (Phi) is 5.36. The lowest BCUT2D eigenvalue weighted by Gasteiger charge is -2.17. The molecule has 1 aliphatic rings. The average Bonchev–Trinajstić information content (AvgIpc) is 3.54. The van der Waals surface area contributed by atoms with E-state index >= 15 is 0 Å². The molecule has 1 amide bonds. The van der Waals surface area contributed by atoms with Crippen LogP contribution in [0.5, 0.6) is 0 Å². The number of fused-ring (bicyclic) bond motifs is 3. The Balaban J connectivity index is 1.50. The molecule has 9 nitrogen and oxygen atoms in total. The Bertz CT molecular complexity index is 2170. The second-order valence-corrected chi connectivity index (χ2v) is 9.59. The van der Waals surface area contributed by atoms with E-state index in [-0.39, 0.29) is 39.6 Å². The van der Waals surface area contributed by atoms with Crippen LogP contribution in [0, 0.1) is 11.6 Å². The number of rotatable bonds is 4. The maximum atomic E-state index is 14.8. The van der Waals surface area contributed by atoms with Gasteiger partial charge in [0.1, 0.15) is 52.2 Å². The fourth-order valence-electron chi connectivity index (χ4n) is 5.21. The summed E-state index contributed by atoms with van der Waals surface area (Å²) >= 11 is 0. The number of aliphatic imine (C=N–C) groups is 1. The summed E-state index contributed by atoms with van der Waals surface area (Å²) in [6.45, 7) is 1.72. The molecule has 11 heteroatoms. The molecule has 1 unspecified atom stereocenters. The smallest absolute Gasteiger partial charge is 0.277 e. The van der Waals surface area contributed by atoms with Crippen molar-refractivity contribution in [3.8, 4) is 22.4 Å². The van der Waals surface area contributed by atoms with Crippen LogP contribution in [0.15, 0.2) is 81.2 Å². The van der Waals surface area contributed by atoms with Crippen molar-refractivity contribution in [1.29, 1.82) is 0 Å². The molecular formula is C30H18F2N6O3. The molecule has 0 saturated carbocycles. The number of aromatic nitrogens is 4. The molecule has 1 atom stereocenters. The highest BCUT2D eigenvalue weighted by Crippen LogP contribution is 2.37. The third-order valence-corrected chi connectivity index (χ3v) is 7.15. The monoisotopic (exact) mass is 548 g/mol. The van der Waals surface area contributed by atoms with Gasteiger partial charge in [0, 0.05) is 17.3 Å². The fraction of sp³-hybridized carbons (Fsp3) is 0.0667. The molecule has 0 bridgehead atoms. The lowest BCUT2D eigenvalue weighted by atomic mass is 9.99. The molecule has 0 spiro atoms. The molecule has 41 heavy (non-hydrogen) atoms. The highest BCUT2D eigenvalue weighted by molar-refractivity contribution is 6.14. The SMILES string of the molecule is CC(c1oc2cccc(F)c2c(=O)c1-c1cccc(F)c1)n1nc(-c2ccc3c(c2)C(=O)N=C3)c2c(N)ncnc21. The summed E-state index contributed by atoms with van der Waals surface area (Å²) in [4.78, 5) is 38.4. The Morgan fingerprint density at radius 1 is 0.951 bits per heavy atom. The van der Waals surface area contributed by atoms with E-state index in [2.05, 4.69) is 15.0 Å². The number of anilines is 1. The first-order valence-corrected chi connectivity index (χ1v) is 12.5. The lowest BCUT2D eigenvalue weighted by molar-refractivity contribution is 0.101. The molecule has 3 aromatic carbocycles. The van der Waals surface area contributed by atoms with Crippen LogP contribution in [0.4, 0.5) is 14.6 Å². The van der Waals surface area contributed by atoms with Crippen LogP contribution >= 0.6 is 0 Å². The second kappa shape index (κ2) is 8.98. The lowest BCUT2D eigenvalue weighted by Crippen LogP contribution is -2.17. The van der Waals surface area contributed by atoms with Crippen molar-refractivity contribution >= 4 is 39.9 Å². The molecule has 200 valence electrons. The van der Waals surface area contributed by atoms with Gasteiger partial charge >= 0.3 is 0 Å². The number of hydrogen-bond acceptors (Lipinski definition) is 7. The summed E-state index contributed by atoms with van der Waals surface area (Å²) in [7, 11) is 0. The molecule has 1 aliphatic heterocycles. The van der Waals surface area contributed by atoms with Gasteiger partial charge in [-0.1, -0.05) is 30.3 Å². The largest absolute Gasteiger partial charge is 0.458 e. The van der Waals surface area contributed by atoms with E-state index in [9.17, 15) is 18.4 Å². The van der Waals surface area contributed by atoms with Gasteiger partial charge in [-0.3, -0.25) is 9.59 Å². The average molecular weight is 549 g/mol. The number of nitrogens with two attached hydrogens (primary N) is 1. The highest BCUT2D eigenvalue weighted by atomic mass is 19.1. The van der Waals surface area contributed by atoms with Crippen molar-refractivity contribution in [2.45, 2.75) is 13.0 Å². The summed E-state index contributed by atoms with van der Waals surface area (Å²) in [6.07, 6.45) is 2.78. The van der Waals surface area contributed by atoms with E-state index in [4.69, 9.17) is 15.2 Å². The van der Waals surface area contributed by atoms with Gasteiger partial charge in [-0.15, -0.1) is 0 Å². The predicted octanol–water partition coefficient (Wildman–Crippen LogP) is 5.31. The zero-order chi connectivity index (χ0) is 28.4. The summed E-state index contributed by atoms with van der Waals surface area (Å²) < 4.78 is 36.8. The van der Waals surface area contributed by atoms with Crippen LogP contribution in [0.3, 0.4) is 0 Å². The van der Waals surface area contributed by atoms with Crippen molar-refractivity contribution in [1.82, 2.24) is 19.7 Å². The number of amides is 1. The standard InChI is InChI=1S/C30H18F2N6O3/c1-14(27-22(15-4-2-5-18(31)10-15)26(39)23-20(32)6-3-7-21(23)41-27)38-29-24(28(33)35-13-36-29)25(37-38)16-8-9-17-12-34-30(40)19(17)11-16/h2-14H,1H3,(H2,33,35,36). The Labute approximate surface area is 229 Å². The first kappa shape index (κ1) is 24.5. The zero-order valence-corrected chi connectivity index (χ0v) is 21.3. The summed E-state index contributed by atoms with van der Waals surface area (Å²) in [5.74, 6) is -1.43. The number of carbonyl (C=O) groups excluding carboxylic acids is 1. The van der Waals surface area contributed by atoms with Crippen molar-refractivity contribution in [2.75, 3.05) is 5.73 Å². The van der Waals surface area contributed by atoms with Crippen LogP contribution < -0.4 is 11.2 Å². The predicted molar refractivity (Wildman–Crippen MR) is 149 cm³/mol. The minimum absolute atomic E-state index is 0.0119. The third-order valence-electron chi connectivity index (χ3n) is 7.15. The van der Waals surface area contributed by atoms with Crippen molar-refractivity contribution < 1.29 is 18.0 Å². The van der Waals surface area contributed by atoms with Crippen LogP contribution in [0.25, 0.3) is 44.4 Å². The maximum Gasteiger partial charge on any atom is 0.277 e. The Morgan fingerprint density at radius 2 is 1.78 bits per heavy atom. The highest BCUT2D eigenvalue weighted by Gasteiger charge is 2.28. The van der Waals surface area contributed by atoms with Gasteiger partial charge < -0.3 is 10.2 Å². The molecule has 4 heterocycles. The minimum atomic E-state index is -0.807. The normalized spacial score (nSPS) is 13.3. The first-order valence-electron chi connectivity index (χ1n) is 12.5. The molecule has 0 aliphatic carbocycles. The molecule has 7 rings (SSSR count). The van der Waals surface area contributed by atoms with Crippen molar-refractivity contribution in [3.05, 3.63) is 106 Å². The van der Waals surface area contributed by atoms with Crippen molar-refractivity contribution in [2.24, 2.45) is 4.99 Å². The van der Waals surface area contributed by atoms with Gasteiger partial charge in [-0.25, -0.2) is 28.4 Å². The quantitative estimate of drug-likeness (QED) is 0.316. The van der Waals surface area contributed by atoms with Gasteiger partial charge in [0.25, 0.3) is 5.91 Å². The third kappa shape index (κ3) is 3.73. The van der Waals surface area contributed by atoms with E-state index in [1.807, 2.05) is 0 Å². The molecule has 0 radical (unpaired) electrons. The van der Waals surface area contributed by atoms with Crippen LogP contribution in [-0.2, 0) is 0 Å². The second-order valence-electron chi connectivity index (χ2n) is 9.59. The molecular weight excluding hydrogens is 530 g/mol. The van der Waals surface area contributed by atoms with E-state index in [0.717, 1.165) is 6.07 Å². The van der Waals surface area contributed by atoms with Gasteiger partial charge in [0.15, 0.2) is 5.65 Å². The van der Waals surface area contributed by atoms with Crippen LogP contribution in [0.2, 0.25) is 0 Å². The summed E-state index contributed by atoms with van der Waals surface area (Å²) in [5, 5.41) is 4.98. The van der Waals surface area contributed by atoms with Gasteiger partial charge in [0.05, 0.1) is 16.5 Å². The van der Waals surface area contributed by atoms with E-state index < -0.39 is 23.1 Å². The molecule has 6 aromatic rings. The molecule has 2 N–H and O–H groups in total. The molecule has 0 fully saturated rings.